The predicted octanol–water partition coefficient (Wildman–Crippen LogP) is 1.53. The summed E-state index contributed by atoms with van der Waals surface area (Å²) in [5.41, 5.74) is 2.10. The molecule has 7 nitrogen and oxygen atoms in total. The maximum Gasteiger partial charge on any atom is 0.228 e. The average Bonchev–Trinajstić information content (AvgIpc) is 3.33. The van der Waals surface area contributed by atoms with Crippen LogP contribution in [0.15, 0.2) is 6.33 Å². The highest BCUT2D eigenvalue weighted by Gasteiger charge is 2.40. The highest BCUT2D eigenvalue weighted by atomic mass is 16.2. The van der Waals surface area contributed by atoms with Gasteiger partial charge in [-0.15, -0.1) is 0 Å². The van der Waals surface area contributed by atoms with Crippen molar-refractivity contribution < 1.29 is 9.59 Å². The predicted molar refractivity (Wildman–Crippen MR) is 102 cm³/mol. The Balaban J connectivity index is 1.35. The van der Waals surface area contributed by atoms with E-state index in [4.69, 9.17) is 0 Å². The van der Waals surface area contributed by atoms with Crippen LogP contribution in [-0.4, -0.2) is 70.3 Å². The summed E-state index contributed by atoms with van der Waals surface area (Å²) in [6, 6.07) is 0.371. The van der Waals surface area contributed by atoms with Crippen LogP contribution in [0.4, 0.5) is 5.82 Å². The van der Waals surface area contributed by atoms with Crippen molar-refractivity contribution in [2.75, 3.05) is 37.6 Å². The quantitative estimate of drug-likeness (QED) is 0.806. The number of amides is 2. The van der Waals surface area contributed by atoms with E-state index in [1.54, 1.807) is 6.33 Å². The number of aryl methyl sites for hydroxylation is 1. The second kappa shape index (κ2) is 7.44. The molecule has 0 radical (unpaired) electrons. The first-order valence-electron chi connectivity index (χ1n) is 10.2. The monoisotopic (exact) mass is 371 g/mol. The lowest BCUT2D eigenvalue weighted by molar-refractivity contribution is -0.136. The fourth-order valence-electron chi connectivity index (χ4n) is 4.71. The minimum Gasteiger partial charge on any atom is -0.353 e. The van der Waals surface area contributed by atoms with E-state index in [0.717, 1.165) is 43.0 Å². The minimum atomic E-state index is -0.160. The van der Waals surface area contributed by atoms with Crippen LogP contribution in [0.1, 0.15) is 43.4 Å². The van der Waals surface area contributed by atoms with E-state index in [-0.39, 0.29) is 17.7 Å². The molecule has 27 heavy (non-hydrogen) atoms. The number of rotatable bonds is 3. The van der Waals surface area contributed by atoms with Crippen molar-refractivity contribution >= 4 is 17.6 Å². The van der Waals surface area contributed by atoms with E-state index in [9.17, 15) is 9.59 Å². The molecule has 3 aliphatic rings. The van der Waals surface area contributed by atoms with Gasteiger partial charge >= 0.3 is 0 Å². The average molecular weight is 371 g/mol. The summed E-state index contributed by atoms with van der Waals surface area (Å²) >= 11 is 0. The number of hydrogen-bond donors (Lipinski definition) is 0. The molecule has 7 heteroatoms. The van der Waals surface area contributed by atoms with Crippen molar-refractivity contribution in [1.82, 2.24) is 19.8 Å². The van der Waals surface area contributed by atoms with Crippen molar-refractivity contribution in [2.24, 2.45) is 5.92 Å². The van der Waals surface area contributed by atoms with Crippen LogP contribution >= 0.6 is 0 Å². The summed E-state index contributed by atoms with van der Waals surface area (Å²) in [5.74, 6) is 1.13. The van der Waals surface area contributed by atoms with Gasteiger partial charge in [-0.25, -0.2) is 9.97 Å². The first-order valence-corrected chi connectivity index (χ1v) is 10.2. The largest absolute Gasteiger partial charge is 0.353 e. The van der Waals surface area contributed by atoms with E-state index < -0.39 is 0 Å². The first-order chi connectivity index (χ1) is 13.0. The molecule has 0 spiro atoms. The first kappa shape index (κ1) is 18.2. The number of likely N-dealkylation sites (tertiary alicyclic amines) is 1. The van der Waals surface area contributed by atoms with Crippen molar-refractivity contribution in [3.63, 3.8) is 0 Å². The smallest absolute Gasteiger partial charge is 0.228 e. The summed E-state index contributed by atoms with van der Waals surface area (Å²) in [6.07, 6.45) is 6.61. The molecule has 2 saturated heterocycles. The highest BCUT2D eigenvalue weighted by molar-refractivity contribution is 5.89. The maximum atomic E-state index is 13.0. The Morgan fingerprint density at radius 1 is 1.07 bits per heavy atom. The number of anilines is 1. The van der Waals surface area contributed by atoms with Gasteiger partial charge in [0.15, 0.2) is 0 Å². The Bertz CT molecular complexity index is 723. The zero-order chi connectivity index (χ0) is 19.0. The third-order valence-corrected chi connectivity index (χ3v) is 6.47. The van der Waals surface area contributed by atoms with Crippen LogP contribution < -0.4 is 4.90 Å². The SMILES string of the molecule is Cc1ncnc(N2CCN(C(=O)[C@H]3CC(=O)N(C4CCCC4)C3)CC2)c1C. The molecule has 0 unspecified atom stereocenters. The van der Waals surface area contributed by atoms with Crippen LogP contribution in [0.3, 0.4) is 0 Å². The molecule has 1 atom stereocenters. The maximum absolute atomic E-state index is 13.0. The molecule has 4 rings (SSSR count). The van der Waals surface area contributed by atoms with Gasteiger partial charge in [0.25, 0.3) is 0 Å². The van der Waals surface area contributed by atoms with Crippen molar-refractivity contribution in [1.29, 1.82) is 0 Å². The van der Waals surface area contributed by atoms with Crippen LogP contribution in [0.25, 0.3) is 0 Å². The van der Waals surface area contributed by atoms with Crippen molar-refractivity contribution in [3.8, 4) is 0 Å². The van der Waals surface area contributed by atoms with Crippen LogP contribution in [0.5, 0.6) is 0 Å². The minimum absolute atomic E-state index is 0.152. The molecule has 1 saturated carbocycles. The van der Waals surface area contributed by atoms with Gasteiger partial charge in [-0.2, -0.15) is 0 Å². The summed E-state index contributed by atoms with van der Waals surface area (Å²) < 4.78 is 0. The van der Waals surface area contributed by atoms with E-state index >= 15 is 0 Å². The summed E-state index contributed by atoms with van der Waals surface area (Å²) in [5, 5.41) is 0. The van der Waals surface area contributed by atoms with Gasteiger partial charge in [0.1, 0.15) is 12.1 Å². The second-order valence-corrected chi connectivity index (χ2v) is 8.11. The second-order valence-electron chi connectivity index (χ2n) is 8.11. The van der Waals surface area contributed by atoms with Crippen molar-refractivity contribution in [2.45, 2.75) is 52.0 Å². The standard InChI is InChI=1S/C20H29N5O2/c1-14-15(2)21-13-22-19(14)23-7-9-24(10-8-23)20(27)16-11-18(26)25(12-16)17-5-3-4-6-17/h13,16-17H,3-12H2,1-2H3/t16-/m0/s1. The molecule has 2 amide bonds. The molecule has 146 valence electrons. The van der Waals surface area contributed by atoms with E-state index in [1.165, 1.54) is 12.8 Å². The van der Waals surface area contributed by atoms with Gasteiger partial charge < -0.3 is 14.7 Å². The number of carbonyl (C=O) groups is 2. The Morgan fingerprint density at radius 3 is 2.48 bits per heavy atom. The third-order valence-electron chi connectivity index (χ3n) is 6.47. The molecule has 1 aromatic rings. The van der Waals surface area contributed by atoms with Crippen LogP contribution in [0.2, 0.25) is 0 Å². The molecule has 1 aliphatic carbocycles. The number of piperazine rings is 1. The molecule has 3 heterocycles. The molecular weight excluding hydrogens is 342 g/mol. The summed E-state index contributed by atoms with van der Waals surface area (Å²) in [7, 11) is 0. The lowest BCUT2D eigenvalue weighted by Gasteiger charge is -2.37. The molecule has 2 aliphatic heterocycles. The van der Waals surface area contributed by atoms with Gasteiger partial charge in [0, 0.05) is 56.4 Å². The number of hydrogen-bond acceptors (Lipinski definition) is 5. The van der Waals surface area contributed by atoms with Crippen LogP contribution in [-0.2, 0) is 9.59 Å². The topological polar surface area (TPSA) is 69.6 Å². The fourth-order valence-corrected chi connectivity index (χ4v) is 4.71. The van der Waals surface area contributed by atoms with Gasteiger partial charge in [-0.1, -0.05) is 12.8 Å². The third kappa shape index (κ3) is 3.51. The molecule has 1 aromatic heterocycles. The zero-order valence-electron chi connectivity index (χ0n) is 16.4. The fraction of sp³-hybridized carbons (Fsp3) is 0.700. The molecular formula is C20H29N5O2. The van der Waals surface area contributed by atoms with E-state index in [1.807, 2.05) is 23.6 Å². The Kier molecular flexibility index (Phi) is 5.02. The molecule has 0 bridgehead atoms. The van der Waals surface area contributed by atoms with Gasteiger partial charge in [0.2, 0.25) is 11.8 Å². The normalized spacial score (nSPS) is 24.1. The molecule has 0 N–H and O–H groups in total. The molecule has 0 aromatic carbocycles. The molecule has 3 fully saturated rings. The zero-order valence-corrected chi connectivity index (χ0v) is 16.4. The van der Waals surface area contributed by atoms with Gasteiger partial charge in [-0.3, -0.25) is 9.59 Å². The van der Waals surface area contributed by atoms with E-state index in [0.29, 0.717) is 32.1 Å². The Labute approximate surface area is 160 Å². The van der Waals surface area contributed by atoms with Crippen LogP contribution in [0, 0.1) is 19.8 Å². The van der Waals surface area contributed by atoms with E-state index in [2.05, 4.69) is 14.9 Å². The Morgan fingerprint density at radius 2 is 1.78 bits per heavy atom. The number of carbonyl (C=O) groups excluding carboxylic acids is 2. The number of nitrogens with zero attached hydrogens (tertiary/aromatic N) is 5. The van der Waals surface area contributed by atoms with Gasteiger partial charge in [0.05, 0.1) is 5.92 Å². The summed E-state index contributed by atoms with van der Waals surface area (Å²) in [4.78, 5) is 40.2. The highest BCUT2D eigenvalue weighted by Crippen LogP contribution is 2.30. The lowest BCUT2D eigenvalue weighted by atomic mass is 10.1. The van der Waals surface area contributed by atoms with Crippen molar-refractivity contribution in [3.05, 3.63) is 17.6 Å². The van der Waals surface area contributed by atoms with Gasteiger partial charge in [-0.05, 0) is 26.7 Å². The summed E-state index contributed by atoms with van der Waals surface area (Å²) in [6.45, 7) is 7.58. The Hall–Kier alpha value is -2.18. The number of aromatic nitrogens is 2. The lowest BCUT2D eigenvalue weighted by Crippen LogP contribution is -2.51.